The third-order valence-electron chi connectivity index (χ3n) is 3.20. The van der Waals surface area contributed by atoms with E-state index in [1.54, 1.807) is 6.92 Å². The molecule has 104 valence electrons. The Balaban J connectivity index is 1.89. The zero-order chi connectivity index (χ0) is 13.8. The van der Waals surface area contributed by atoms with Crippen LogP contribution < -0.4 is 5.32 Å². The molecule has 1 aliphatic heterocycles. The second-order valence-corrected chi connectivity index (χ2v) is 4.98. The normalized spacial score (nSPS) is 19.3. The number of nitrogens with one attached hydrogen (secondary N) is 1. The second kappa shape index (κ2) is 6.02. The van der Waals surface area contributed by atoms with Crippen LogP contribution in [0.25, 0.3) is 0 Å². The first-order valence-corrected chi connectivity index (χ1v) is 6.61. The van der Waals surface area contributed by atoms with Gasteiger partial charge in [0.25, 0.3) is 0 Å². The summed E-state index contributed by atoms with van der Waals surface area (Å²) in [6.07, 6.45) is 0.0476. The number of nitrogens with zero attached hydrogens (tertiary/aromatic N) is 2. The van der Waals surface area contributed by atoms with E-state index in [2.05, 4.69) is 10.3 Å². The van der Waals surface area contributed by atoms with Gasteiger partial charge in [-0.2, -0.15) is 0 Å². The number of hydrogen-bond donors (Lipinski definition) is 1. The highest BCUT2D eigenvalue weighted by molar-refractivity contribution is 5.73. The molecule has 2 heterocycles. The zero-order valence-corrected chi connectivity index (χ0v) is 11.8. The molecule has 1 saturated heterocycles. The van der Waals surface area contributed by atoms with Crippen LogP contribution >= 0.6 is 0 Å². The summed E-state index contributed by atoms with van der Waals surface area (Å²) in [5.41, 5.74) is 3.04. The molecule has 0 aromatic carbocycles. The molecule has 1 atom stereocenters. The van der Waals surface area contributed by atoms with E-state index in [0.29, 0.717) is 26.2 Å². The van der Waals surface area contributed by atoms with Gasteiger partial charge in [0.1, 0.15) is 0 Å². The van der Waals surface area contributed by atoms with Crippen molar-refractivity contribution in [1.29, 1.82) is 0 Å². The Kier molecular flexibility index (Phi) is 4.37. The molecular weight excluding hydrogens is 242 g/mol. The molecular formula is C14H21N3O2. The summed E-state index contributed by atoms with van der Waals surface area (Å²) in [6.45, 7) is 8.22. The molecule has 0 spiro atoms. The molecule has 0 bridgehead atoms. The van der Waals surface area contributed by atoms with E-state index >= 15 is 0 Å². The minimum atomic E-state index is 0.0476. The summed E-state index contributed by atoms with van der Waals surface area (Å²) in [7, 11) is 0. The Bertz CT molecular complexity index is 442. The predicted molar refractivity (Wildman–Crippen MR) is 74.2 cm³/mol. The van der Waals surface area contributed by atoms with Crippen molar-refractivity contribution in [3.63, 3.8) is 0 Å². The van der Waals surface area contributed by atoms with Crippen molar-refractivity contribution in [3.8, 4) is 0 Å². The largest absolute Gasteiger partial charge is 0.382 e. The number of rotatable bonds is 3. The molecule has 0 unspecified atom stereocenters. The van der Waals surface area contributed by atoms with Crippen LogP contribution in [0.3, 0.4) is 0 Å². The Labute approximate surface area is 114 Å². The van der Waals surface area contributed by atoms with Crippen LogP contribution in [0.4, 0.5) is 5.69 Å². The molecule has 0 aliphatic carbocycles. The Morgan fingerprint density at radius 3 is 2.79 bits per heavy atom. The van der Waals surface area contributed by atoms with E-state index in [4.69, 9.17) is 4.74 Å². The number of carbonyl (C=O) groups is 1. The third kappa shape index (κ3) is 3.92. The lowest BCUT2D eigenvalue weighted by Gasteiger charge is -2.32. The Morgan fingerprint density at radius 2 is 2.16 bits per heavy atom. The number of aryl methyl sites for hydroxylation is 2. The minimum absolute atomic E-state index is 0.0476. The van der Waals surface area contributed by atoms with Gasteiger partial charge in [0.15, 0.2) is 0 Å². The lowest BCUT2D eigenvalue weighted by molar-refractivity contribution is -0.135. The van der Waals surface area contributed by atoms with E-state index in [0.717, 1.165) is 17.1 Å². The van der Waals surface area contributed by atoms with Gasteiger partial charge in [0.05, 0.1) is 12.7 Å². The summed E-state index contributed by atoms with van der Waals surface area (Å²) in [5.74, 6) is 0.115. The molecule has 19 heavy (non-hydrogen) atoms. The molecule has 5 heteroatoms. The van der Waals surface area contributed by atoms with Crippen molar-refractivity contribution in [2.75, 3.05) is 31.6 Å². The second-order valence-electron chi connectivity index (χ2n) is 4.98. The maximum Gasteiger partial charge on any atom is 0.219 e. The first kappa shape index (κ1) is 13.8. The topological polar surface area (TPSA) is 54.5 Å². The van der Waals surface area contributed by atoms with Crippen LogP contribution in [0.2, 0.25) is 0 Å². The quantitative estimate of drug-likeness (QED) is 0.894. The number of anilines is 1. The number of pyridine rings is 1. The van der Waals surface area contributed by atoms with Crippen LogP contribution in [-0.2, 0) is 9.53 Å². The SMILES string of the molecule is CC(=O)N1CCO[C@@H](CNc2cc(C)nc(C)c2)C1. The van der Waals surface area contributed by atoms with Gasteiger partial charge in [-0.15, -0.1) is 0 Å². The third-order valence-corrected chi connectivity index (χ3v) is 3.20. The fourth-order valence-electron chi connectivity index (χ4n) is 2.30. The molecule has 1 amide bonds. The van der Waals surface area contributed by atoms with E-state index in [9.17, 15) is 4.79 Å². The average Bonchev–Trinajstić information content (AvgIpc) is 2.35. The van der Waals surface area contributed by atoms with Crippen molar-refractivity contribution in [2.45, 2.75) is 26.9 Å². The number of amides is 1. The van der Waals surface area contributed by atoms with Gasteiger partial charge >= 0.3 is 0 Å². The first-order valence-electron chi connectivity index (χ1n) is 6.61. The van der Waals surface area contributed by atoms with E-state index in [-0.39, 0.29) is 12.0 Å². The maximum atomic E-state index is 11.3. The van der Waals surface area contributed by atoms with Crippen molar-refractivity contribution in [3.05, 3.63) is 23.5 Å². The first-order chi connectivity index (χ1) is 9.04. The zero-order valence-electron chi connectivity index (χ0n) is 11.8. The monoisotopic (exact) mass is 263 g/mol. The maximum absolute atomic E-state index is 11.3. The number of ether oxygens (including phenoxy) is 1. The summed E-state index contributed by atoms with van der Waals surface area (Å²) in [6, 6.07) is 4.02. The highest BCUT2D eigenvalue weighted by Crippen LogP contribution is 2.12. The summed E-state index contributed by atoms with van der Waals surface area (Å²) < 4.78 is 5.67. The van der Waals surface area contributed by atoms with Gasteiger partial charge in [-0.25, -0.2) is 0 Å². The molecule has 1 N–H and O–H groups in total. The van der Waals surface area contributed by atoms with Crippen LogP contribution in [0.1, 0.15) is 18.3 Å². The van der Waals surface area contributed by atoms with E-state index in [1.807, 2.05) is 30.9 Å². The molecule has 0 radical (unpaired) electrons. The lowest BCUT2D eigenvalue weighted by atomic mass is 10.2. The highest BCUT2D eigenvalue weighted by atomic mass is 16.5. The molecule has 1 aromatic heterocycles. The van der Waals surface area contributed by atoms with Crippen molar-refractivity contribution in [1.82, 2.24) is 9.88 Å². The molecule has 2 rings (SSSR count). The van der Waals surface area contributed by atoms with Crippen LogP contribution in [0, 0.1) is 13.8 Å². The van der Waals surface area contributed by atoms with Crippen LogP contribution in [0.15, 0.2) is 12.1 Å². The number of carbonyl (C=O) groups excluding carboxylic acids is 1. The van der Waals surface area contributed by atoms with Gasteiger partial charge in [-0.3, -0.25) is 9.78 Å². The van der Waals surface area contributed by atoms with Gasteiger partial charge < -0.3 is 15.0 Å². The standard InChI is InChI=1S/C14H21N3O2/c1-10-6-13(7-11(2)16-10)15-8-14-9-17(12(3)18)4-5-19-14/h6-7,14H,4-5,8-9H2,1-3H3,(H,15,16)/t14-/m0/s1. The van der Waals surface area contributed by atoms with Gasteiger partial charge in [-0.1, -0.05) is 0 Å². The van der Waals surface area contributed by atoms with Gasteiger partial charge in [-0.05, 0) is 26.0 Å². The van der Waals surface area contributed by atoms with Crippen molar-refractivity contribution < 1.29 is 9.53 Å². The van der Waals surface area contributed by atoms with Crippen molar-refractivity contribution >= 4 is 11.6 Å². The van der Waals surface area contributed by atoms with Gasteiger partial charge in [0, 0.05) is 43.6 Å². The number of aromatic nitrogens is 1. The minimum Gasteiger partial charge on any atom is -0.382 e. The van der Waals surface area contributed by atoms with Crippen LogP contribution in [-0.4, -0.2) is 48.1 Å². The Morgan fingerprint density at radius 1 is 1.47 bits per heavy atom. The Hall–Kier alpha value is -1.62. The molecule has 1 fully saturated rings. The predicted octanol–water partition coefficient (Wildman–Crippen LogP) is 1.36. The van der Waals surface area contributed by atoms with Crippen molar-refractivity contribution in [2.24, 2.45) is 0 Å². The lowest BCUT2D eigenvalue weighted by Crippen LogP contribution is -2.47. The smallest absolute Gasteiger partial charge is 0.219 e. The molecule has 1 aromatic rings. The highest BCUT2D eigenvalue weighted by Gasteiger charge is 2.21. The summed E-state index contributed by atoms with van der Waals surface area (Å²) in [4.78, 5) is 17.5. The summed E-state index contributed by atoms with van der Waals surface area (Å²) >= 11 is 0. The van der Waals surface area contributed by atoms with Gasteiger partial charge in [0.2, 0.25) is 5.91 Å². The average molecular weight is 263 g/mol. The summed E-state index contributed by atoms with van der Waals surface area (Å²) in [5, 5.41) is 3.35. The fraction of sp³-hybridized carbons (Fsp3) is 0.571. The van der Waals surface area contributed by atoms with E-state index < -0.39 is 0 Å². The number of hydrogen-bond acceptors (Lipinski definition) is 4. The molecule has 0 saturated carbocycles. The fourth-order valence-corrected chi connectivity index (χ4v) is 2.30. The van der Waals surface area contributed by atoms with Crippen LogP contribution in [0.5, 0.6) is 0 Å². The molecule has 5 nitrogen and oxygen atoms in total. The number of morpholine rings is 1. The molecule has 1 aliphatic rings. The van der Waals surface area contributed by atoms with E-state index in [1.165, 1.54) is 0 Å².